The second kappa shape index (κ2) is 5.98. The molecule has 1 aromatic carbocycles. The first kappa shape index (κ1) is 15.4. The first-order chi connectivity index (χ1) is 10.9. The average Bonchev–Trinajstić information content (AvgIpc) is 3.14. The Kier molecular flexibility index (Phi) is 4.01. The van der Waals surface area contributed by atoms with Gasteiger partial charge in [-0.3, -0.25) is 4.68 Å². The lowest BCUT2D eigenvalue weighted by atomic mass is 10.2. The molecule has 3 rings (SSSR count). The molecular formula is C15H16N4O3S. The first-order valence-electron chi connectivity index (χ1n) is 6.94. The predicted molar refractivity (Wildman–Crippen MR) is 83.9 cm³/mol. The van der Waals surface area contributed by atoms with Gasteiger partial charge in [-0.2, -0.15) is 5.10 Å². The highest BCUT2D eigenvalue weighted by Crippen LogP contribution is 2.20. The minimum Gasteiger partial charge on any atom is -0.449 e. The quantitative estimate of drug-likeness (QED) is 0.770. The zero-order valence-electron chi connectivity index (χ0n) is 12.7. The van der Waals surface area contributed by atoms with E-state index in [0.29, 0.717) is 11.6 Å². The molecule has 7 nitrogen and oxygen atoms in total. The van der Waals surface area contributed by atoms with Crippen LogP contribution in [0.1, 0.15) is 11.5 Å². The van der Waals surface area contributed by atoms with Gasteiger partial charge in [-0.05, 0) is 12.1 Å². The molecule has 0 unspecified atom stereocenters. The highest BCUT2D eigenvalue weighted by molar-refractivity contribution is 7.89. The van der Waals surface area contributed by atoms with Crippen LogP contribution in [0.5, 0.6) is 0 Å². The van der Waals surface area contributed by atoms with Gasteiger partial charge in [-0.1, -0.05) is 12.1 Å². The normalized spacial score (nSPS) is 11.7. The van der Waals surface area contributed by atoms with E-state index in [4.69, 9.17) is 4.42 Å². The van der Waals surface area contributed by atoms with Gasteiger partial charge in [0.05, 0.1) is 11.1 Å². The van der Waals surface area contributed by atoms with Gasteiger partial charge in [0.1, 0.15) is 12.0 Å². The van der Waals surface area contributed by atoms with E-state index < -0.39 is 10.0 Å². The molecular weight excluding hydrogens is 316 g/mol. The summed E-state index contributed by atoms with van der Waals surface area (Å²) in [6.45, 7) is 1.95. The number of nitrogens with zero attached hydrogens (tertiary/aromatic N) is 3. The summed E-state index contributed by atoms with van der Waals surface area (Å²) in [5.74, 6) is 0.565. The molecule has 1 N–H and O–H groups in total. The van der Waals surface area contributed by atoms with Crippen molar-refractivity contribution in [1.82, 2.24) is 19.5 Å². The Hall–Kier alpha value is -2.45. The molecule has 2 heterocycles. The lowest BCUT2D eigenvalue weighted by Gasteiger charge is -2.06. The van der Waals surface area contributed by atoms with Crippen LogP contribution in [0.4, 0.5) is 0 Å². The van der Waals surface area contributed by atoms with Crippen molar-refractivity contribution in [2.45, 2.75) is 18.4 Å². The summed E-state index contributed by atoms with van der Waals surface area (Å²) >= 11 is 0. The van der Waals surface area contributed by atoms with Crippen molar-refractivity contribution >= 4 is 10.0 Å². The van der Waals surface area contributed by atoms with Crippen LogP contribution >= 0.6 is 0 Å². The van der Waals surface area contributed by atoms with Gasteiger partial charge in [0, 0.05) is 37.8 Å². The fourth-order valence-electron chi connectivity index (χ4n) is 2.13. The van der Waals surface area contributed by atoms with Crippen molar-refractivity contribution in [2.24, 2.45) is 7.05 Å². The molecule has 0 aliphatic heterocycles. The minimum atomic E-state index is -3.57. The van der Waals surface area contributed by atoms with Crippen LogP contribution in [0.15, 0.2) is 52.2 Å². The molecule has 120 valence electrons. The van der Waals surface area contributed by atoms with E-state index in [2.05, 4.69) is 14.8 Å². The molecule has 0 radical (unpaired) electrons. The van der Waals surface area contributed by atoms with Crippen molar-refractivity contribution in [3.63, 3.8) is 0 Å². The maximum atomic E-state index is 12.3. The maximum Gasteiger partial charge on any atom is 0.240 e. The zero-order valence-corrected chi connectivity index (χ0v) is 13.5. The standard InChI is InChI=1S/C15H16N4O3S/c1-11-18-15(10-22-11)13-3-5-14(6-4-13)23(20,21)17-8-12-7-16-19(2)9-12/h3-7,9-10,17H,8H2,1-2H3. The molecule has 8 heteroatoms. The van der Waals surface area contributed by atoms with E-state index >= 15 is 0 Å². The monoisotopic (exact) mass is 332 g/mol. The number of rotatable bonds is 5. The average molecular weight is 332 g/mol. The van der Waals surface area contributed by atoms with Gasteiger partial charge in [0.2, 0.25) is 10.0 Å². The third-order valence-electron chi connectivity index (χ3n) is 3.30. The van der Waals surface area contributed by atoms with Crippen LogP contribution in [0.2, 0.25) is 0 Å². The Labute approximate surface area is 134 Å². The molecule has 0 bridgehead atoms. The molecule has 2 aromatic heterocycles. The third kappa shape index (κ3) is 3.49. The number of nitrogens with one attached hydrogen (secondary N) is 1. The van der Waals surface area contributed by atoms with Crippen molar-refractivity contribution in [1.29, 1.82) is 0 Å². The van der Waals surface area contributed by atoms with E-state index in [-0.39, 0.29) is 11.4 Å². The second-order valence-corrected chi connectivity index (χ2v) is 6.89. The second-order valence-electron chi connectivity index (χ2n) is 5.12. The molecule has 0 atom stereocenters. The Morgan fingerprint density at radius 3 is 2.57 bits per heavy atom. The SMILES string of the molecule is Cc1nc(-c2ccc(S(=O)(=O)NCc3cnn(C)c3)cc2)co1. The Bertz CT molecular complexity index is 910. The number of sulfonamides is 1. The minimum absolute atomic E-state index is 0.195. The molecule has 23 heavy (non-hydrogen) atoms. The van der Waals surface area contributed by atoms with Gasteiger partial charge in [-0.25, -0.2) is 18.1 Å². The Morgan fingerprint density at radius 2 is 2.00 bits per heavy atom. The number of aromatic nitrogens is 3. The smallest absolute Gasteiger partial charge is 0.240 e. The fraction of sp³-hybridized carbons (Fsp3) is 0.200. The van der Waals surface area contributed by atoms with E-state index in [1.54, 1.807) is 61.6 Å². The summed E-state index contributed by atoms with van der Waals surface area (Å²) in [7, 11) is -1.79. The summed E-state index contributed by atoms with van der Waals surface area (Å²) in [5, 5.41) is 4.00. The fourth-order valence-corrected chi connectivity index (χ4v) is 3.14. The maximum absolute atomic E-state index is 12.3. The van der Waals surface area contributed by atoms with Crippen LogP contribution in [-0.4, -0.2) is 23.2 Å². The molecule has 0 saturated heterocycles. The largest absolute Gasteiger partial charge is 0.449 e. The lowest BCUT2D eigenvalue weighted by molar-refractivity contribution is 0.521. The summed E-state index contributed by atoms with van der Waals surface area (Å²) in [4.78, 5) is 4.41. The van der Waals surface area contributed by atoms with Crippen LogP contribution in [0.3, 0.4) is 0 Å². The summed E-state index contributed by atoms with van der Waals surface area (Å²) in [5.41, 5.74) is 2.27. The molecule has 0 aliphatic rings. The lowest BCUT2D eigenvalue weighted by Crippen LogP contribution is -2.23. The van der Waals surface area contributed by atoms with Crippen LogP contribution < -0.4 is 4.72 Å². The Morgan fingerprint density at radius 1 is 1.26 bits per heavy atom. The molecule has 0 fully saturated rings. The van der Waals surface area contributed by atoms with Crippen LogP contribution in [0, 0.1) is 6.92 Å². The Balaban J connectivity index is 1.75. The van der Waals surface area contributed by atoms with E-state index in [9.17, 15) is 8.42 Å². The molecule has 0 spiro atoms. The number of oxazole rings is 1. The number of aryl methyl sites for hydroxylation is 2. The van der Waals surface area contributed by atoms with Gasteiger partial charge >= 0.3 is 0 Å². The van der Waals surface area contributed by atoms with Gasteiger partial charge in [0.25, 0.3) is 0 Å². The number of hydrogen-bond acceptors (Lipinski definition) is 5. The third-order valence-corrected chi connectivity index (χ3v) is 4.72. The van der Waals surface area contributed by atoms with Crippen molar-refractivity contribution in [3.8, 4) is 11.3 Å². The van der Waals surface area contributed by atoms with E-state index in [1.165, 1.54) is 0 Å². The molecule has 0 amide bonds. The van der Waals surface area contributed by atoms with E-state index in [0.717, 1.165) is 11.1 Å². The highest BCUT2D eigenvalue weighted by atomic mass is 32.2. The van der Waals surface area contributed by atoms with Crippen LogP contribution in [0.25, 0.3) is 11.3 Å². The van der Waals surface area contributed by atoms with Gasteiger partial charge in [0.15, 0.2) is 5.89 Å². The number of benzene rings is 1. The van der Waals surface area contributed by atoms with E-state index in [1.807, 2.05) is 0 Å². The van der Waals surface area contributed by atoms with Gasteiger partial charge < -0.3 is 4.42 Å². The molecule has 0 aliphatic carbocycles. The number of hydrogen-bond donors (Lipinski definition) is 1. The van der Waals surface area contributed by atoms with Crippen molar-refractivity contribution in [3.05, 3.63) is 54.4 Å². The summed E-state index contributed by atoms with van der Waals surface area (Å²) in [6.07, 6.45) is 4.93. The van der Waals surface area contributed by atoms with Crippen molar-refractivity contribution < 1.29 is 12.8 Å². The van der Waals surface area contributed by atoms with Crippen LogP contribution in [-0.2, 0) is 23.6 Å². The zero-order chi connectivity index (χ0) is 16.4. The first-order valence-corrected chi connectivity index (χ1v) is 8.42. The topological polar surface area (TPSA) is 90.0 Å². The summed E-state index contributed by atoms with van der Waals surface area (Å²) < 4.78 is 33.9. The molecule has 3 aromatic rings. The molecule has 0 saturated carbocycles. The summed E-state index contributed by atoms with van der Waals surface area (Å²) in [6, 6.07) is 6.50. The van der Waals surface area contributed by atoms with Gasteiger partial charge in [-0.15, -0.1) is 0 Å². The predicted octanol–water partition coefficient (Wildman–Crippen LogP) is 1.86. The van der Waals surface area contributed by atoms with Crippen molar-refractivity contribution in [2.75, 3.05) is 0 Å². The highest BCUT2D eigenvalue weighted by Gasteiger charge is 2.14.